The third-order valence-electron chi connectivity index (χ3n) is 8.23. The van der Waals surface area contributed by atoms with Crippen LogP contribution in [0.25, 0.3) is 5.76 Å². The van der Waals surface area contributed by atoms with E-state index in [2.05, 4.69) is 31.4 Å². The zero-order chi connectivity index (χ0) is 29.9. The zero-order valence-electron chi connectivity index (χ0n) is 23.9. The van der Waals surface area contributed by atoms with E-state index >= 15 is 0 Å². The van der Waals surface area contributed by atoms with Crippen molar-refractivity contribution in [3.63, 3.8) is 0 Å². The molecule has 3 aliphatic rings. The van der Waals surface area contributed by atoms with Crippen molar-refractivity contribution in [2.75, 3.05) is 27.7 Å². The smallest absolute Gasteiger partial charge is 0.255 e. The fraction of sp³-hybridized carbons (Fsp3) is 0.552. The second-order valence-electron chi connectivity index (χ2n) is 12.6. The van der Waals surface area contributed by atoms with E-state index < -0.39 is 58.0 Å². The van der Waals surface area contributed by atoms with Crippen LogP contribution in [0, 0.1) is 17.3 Å². The Morgan fingerprint density at radius 1 is 1.15 bits per heavy atom. The van der Waals surface area contributed by atoms with Crippen LogP contribution >= 0.6 is 0 Å². The minimum absolute atomic E-state index is 0.0221. The van der Waals surface area contributed by atoms with E-state index in [0.717, 1.165) is 5.56 Å². The Labute approximate surface area is 233 Å². The molecule has 1 amide bonds. The summed E-state index contributed by atoms with van der Waals surface area (Å²) in [5.41, 5.74) is 3.92. The number of fused-ring (bicyclic) bond motifs is 3. The molecule has 218 valence electrons. The number of likely N-dealkylation sites (N-methyl/N-ethyl adjacent to an activating group) is 1. The number of nitrogens with zero attached hydrogens (tertiary/aromatic N) is 1. The van der Waals surface area contributed by atoms with Gasteiger partial charge in [0.15, 0.2) is 11.4 Å². The van der Waals surface area contributed by atoms with Gasteiger partial charge in [0.25, 0.3) is 5.91 Å². The van der Waals surface area contributed by atoms with Gasteiger partial charge in [0.1, 0.15) is 22.8 Å². The molecule has 1 aromatic rings. The summed E-state index contributed by atoms with van der Waals surface area (Å²) < 4.78 is 0. The van der Waals surface area contributed by atoms with Crippen molar-refractivity contribution in [1.29, 1.82) is 0 Å². The van der Waals surface area contributed by atoms with Gasteiger partial charge in [0.2, 0.25) is 5.78 Å². The lowest BCUT2D eigenvalue weighted by Gasteiger charge is -2.50. The van der Waals surface area contributed by atoms with Gasteiger partial charge in [0.05, 0.1) is 11.6 Å². The topological polar surface area (TPSA) is 185 Å². The minimum Gasteiger partial charge on any atom is -0.508 e. The molecule has 0 aromatic heterocycles. The van der Waals surface area contributed by atoms with Crippen LogP contribution in [0.5, 0.6) is 5.75 Å². The van der Waals surface area contributed by atoms with Crippen molar-refractivity contribution < 1.29 is 34.8 Å². The van der Waals surface area contributed by atoms with Crippen LogP contribution in [0.1, 0.15) is 49.4 Å². The number of nitrogens with one attached hydrogen (secondary N) is 2. The summed E-state index contributed by atoms with van der Waals surface area (Å²) in [5.74, 6) is -6.52. The van der Waals surface area contributed by atoms with E-state index in [0.29, 0.717) is 30.8 Å². The lowest BCUT2D eigenvalue weighted by atomic mass is 9.57. The molecule has 0 heterocycles. The highest BCUT2D eigenvalue weighted by atomic mass is 16.3. The lowest BCUT2D eigenvalue weighted by molar-refractivity contribution is -0.153. The number of hydrogen-bond acceptors (Lipinski definition) is 10. The maximum atomic E-state index is 14.0. The van der Waals surface area contributed by atoms with Crippen LogP contribution in [-0.4, -0.2) is 82.1 Å². The number of phenolic OH excluding ortho intramolecular Hbond substituents is 1. The quantitative estimate of drug-likeness (QED) is 0.237. The first-order chi connectivity index (χ1) is 18.6. The molecule has 11 heteroatoms. The predicted octanol–water partition coefficient (Wildman–Crippen LogP) is 0.819. The number of amides is 1. The molecule has 40 heavy (non-hydrogen) atoms. The number of carbonyl (C=O) groups is 3. The first-order valence-corrected chi connectivity index (χ1v) is 13.4. The number of ketones is 2. The van der Waals surface area contributed by atoms with E-state index in [1.807, 2.05) is 6.07 Å². The van der Waals surface area contributed by atoms with Crippen LogP contribution in [-0.2, 0) is 33.9 Å². The number of benzene rings is 1. The molecule has 0 radical (unpaired) electrons. The van der Waals surface area contributed by atoms with Gasteiger partial charge in [-0.05, 0) is 62.5 Å². The number of aromatic hydroxyl groups is 1. The Bertz CT molecular complexity index is 1340. The third kappa shape index (κ3) is 4.60. The van der Waals surface area contributed by atoms with Crippen LogP contribution in [0.4, 0.5) is 0 Å². The SMILES string of the molecule is CNCc1cc(CNCC(C)(C)C)c2c(c1O)C(O)=C1C(=O)[C@]3(O)C(O)=C(C(N)=O)C(=O)[C@@H](N(C)C)[C@@H]3C[C@@H]1C2. The molecule has 0 spiro atoms. The number of aliphatic hydroxyl groups is 3. The van der Waals surface area contributed by atoms with Crippen molar-refractivity contribution in [3.05, 3.63) is 45.2 Å². The maximum Gasteiger partial charge on any atom is 0.255 e. The van der Waals surface area contributed by atoms with Gasteiger partial charge in [-0.1, -0.05) is 20.8 Å². The molecule has 4 atom stereocenters. The molecule has 8 N–H and O–H groups in total. The minimum atomic E-state index is -2.65. The number of carbonyl (C=O) groups excluding carboxylic acids is 3. The van der Waals surface area contributed by atoms with Gasteiger partial charge in [-0.2, -0.15) is 0 Å². The predicted molar refractivity (Wildman–Crippen MR) is 148 cm³/mol. The summed E-state index contributed by atoms with van der Waals surface area (Å²) >= 11 is 0. The monoisotopic (exact) mass is 556 g/mol. The normalized spacial score (nSPS) is 26.6. The van der Waals surface area contributed by atoms with Crippen LogP contribution in [0.2, 0.25) is 0 Å². The summed E-state index contributed by atoms with van der Waals surface area (Å²) in [7, 11) is 4.88. The Kier molecular flexibility index (Phi) is 7.65. The summed E-state index contributed by atoms with van der Waals surface area (Å²) in [6.07, 6.45) is 0.314. The number of aliphatic hydroxyl groups excluding tert-OH is 2. The molecule has 11 nitrogen and oxygen atoms in total. The highest BCUT2D eigenvalue weighted by Crippen LogP contribution is 2.53. The maximum absolute atomic E-state index is 14.0. The molecule has 3 aliphatic carbocycles. The Balaban J connectivity index is 1.91. The molecule has 4 rings (SSSR count). The second-order valence-corrected chi connectivity index (χ2v) is 12.6. The van der Waals surface area contributed by atoms with Gasteiger partial charge < -0.3 is 36.8 Å². The molecule has 0 unspecified atom stereocenters. The Hall–Kier alpha value is -3.25. The van der Waals surface area contributed by atoms with Gasteiger partial charge in [-0.25, -0.2) is 0 Å². The number of phenols is 1. The average molecular weight is 557 g/mol. The molecule has 0 aliphatic heterocycles. The fourth-order valence-corrected chi connectivity index (χ4v) is 6.51. The van der Waals surface area contributed by atoms with Crippen molar-refractivity contribution in [3.8, 4) is 5.75 Å². The summed E-state index contributed by atoms with van der Waals surface area (Å²) in [6.45, 7) is 7.79. The van der Waals surface area contributed by atoms with E-state index in [1.54, 1.807) is 21.1 Å². The number of hydrogen-bond donors (Lipinski definition) is 7. The average Bonchev–Trinajstić information content (AvgIpc) is 2.83. The molecule has 0 saturated heterocycles. The Morgan fingerprint density at radius 3 is 2.35 bits per heavy atom. The highest BCUT2D eigenvalue weighted by molar-refractivity contribution is 6.24. The van der Waals surface area contributed by atoms with E-state index in [1.165, 1.54) is 4.90 Å². The first kappa shape index (κ1) is 29.7. The van der Waals surface area contributed by atoms with Gasteiger partial charge in [-0.3, -0.25) is 19.3 Å². The molecule has 1 saturated carbocycles. The van der Waals surface area contributed by atoms with Crippen molar-refractivity contribution in [1.82, 2.24) is 15.5 Å². The van der Waals surface area contributed by atoms with E-state index in [4.69, 9.17) is 5.73 Å². The summed E-state index contributed by atoms with van der Waals surface area (Å²) in [4.78, 5) is 40.9. The van der Waals surface area contributed by atoms with E-state index in [9.17, 15) is 34.8 Å². The van der Waals surface area contributed by atoms with Crippen molar-refractivity contribution >= 4 is 23.2 Å². The fourth-order valence-electron chi connectivity index (χ4n) is 6.51. The van der Waals surface area contributed by atoms with Crippen molar-refractivity contribution in [2.24, 2.45) is 23.0 Å². The third-order valence-corrected chi connectivity index (χ3v) is 8.23. The first-order valence-electron chi connectivity index (χ1n) is 13.4. The van der Waals surface area contributed by atoms with Crippen LogP contribution in [0.15, 0.2) is 23.0 Å². The van der Waals surface area contributed by atoms with Gasteiger partial charge >= 0.3 is 0 Å². The molecule has 0 bridgehead atoms. The zero-order valence-corrected chi connectivity index (χ0v) is 23.9. The van der Waals surface area contributed by atoms with E-state index in [-0.39, 0.29) is 35.1 Å². The molecule has 1 fully saturated rings. The molecular formula is C29H40N4O7. The highest BCUT2D eigenvalue weighted by Gasteiger charge is 2.64. The van der Waals surface area contributed by atoms with Crippen LogP contribution < -0.4 is 16.4 Å². The number of rotatable bonds is 7. The number of Topliss-reactive ketones (excluding diaryl/α,β-unsaturated/α-hetero) is 2. The largest absolute Gasteiger partial charge is 0.508 e. The second kappa shape index (κ2) is 10.3. The molecule has 1 aromatic carbocycles. The van der Waals surface area contributed by atoms with Crippen LogP contribution in [0.3, 0.4) is 0 Å². The number of primary amides is 1. The summed E-state index contributed by atoms with van der Waals surface area (Å²) in [6, 6.07) is 0.761. The Morgan fingerprint density at radius 2 is 1.80 bits per heavy atom. The summed E-state index contributed by atoms with van der Waals surface area (Å²) in [5, 5.41) is 51.9. The lowest BCUT2D eigenvalue weighted by Crippen LogP contribution is -2.65. The standard InChI is InChI=1S/C29H40N4O7/c1-28(2,3)12-32-11-14-7-15(10-31-4)22(34)19-16(14)8-13-9-17-21(33(5)6)24(36)20(27(30)39)26(38)29(17,40)25(37)18(13)23(19)35/h7,13,17,21,31-32,34-35,38,40H,8-12H2,1-6H3,(H2,30,39)/t13-,17-,21-,29-/m0/s1. The number of nitrogens with two attached hydrogens (primary N) is 1. The van der Waals surface area contributed by atoms with Crippen molar-refractivity contribution in [2.45, 2.75) is 58.3 Å². The molecular weight excluding hydrogens is 516 g/mol. The van der Waals surface area contributed by atoms with Gasteiger partial charge in [-0.15, -0.1) is 0 Å². The van der Waals surface area contributed by atoms with Gasteiger partial charge in [0, 0.05) is 36.7 Å².